The highest BCUT2D eigenvalue weighted by Gasteiger charge is 2.32. The Morgan fingerprint density at radius 1 is 0.810 bits per heavy atom. The van der Waals surface area contributed by atoms with Crippen LogP contribution >= 0.6 is 0 Å². The number of guanidine groups is 1. The molecule has 13 N–H and O–H groups in total. The summed E-state index contributed by atoms with van der Waals surface area (Å²) in [5, 5.41) is 32.6. The van der Waals surface area contributed by atoms with Crippen LogP contribution in [0.25, 0.3) is 21.7 Å². The maximum absolute atomic E-state index is 14.3. The number of nitrogens with zero attached hydrogens (tertiary/aromatic N) is 1. The summed E-state index contributed by atoms with van der Waals surface area (Å²) in [6.07, 6.45) is 6.07. The lowest BCUT2D eigenvalue weighted by molar-refractivity contribution is -0.139. The molecule has 1 radical (unpaired) electrons. The molecule has 4 amide bonds. The monoisotopic (exact) mass is 792 g/mol. The molecule has 0 bridgehead atoms. The molecule has 2 heterocycles. The molecule has 0 saturated carbocycles. The number of aliphatic carboxylic acids is 1. The summed E-state index contributed by atoms with van der Waals surface area (Å²) in [4.78, 5) is 88.6. The minimum absolute atomic E-state index is 0.0461. The lowest BCUT2D eigenvalue weighted by Gasteiger charge is -2.26. The van der Waals surface area contributed by atoms with Gasteiger partial charge in [0.25, 0.3) is 0 Å². The summed E-state index contributed by atoms with van der Waals surface area (Å²) in [5.41, 5.74) is 13.9. The number of benzene rings is 3. The van der Waals surface area contributed by atoms with Crippen LogP contribution in [0.1, 0.15) is 36.1 Å². The topological polar surface area (TPSA) is 303 Å². The van der Waals surface area contributed by atoms with Gasteiger partial charge in [-0.05, 0) is 40.8 Å². The van der Waals surface area contributed by atoms with Gasteiger partial charge in [-0.1, -0.05) is 60.7 Å². The first-order valence-electron chi connectivity index (χ1n) is 18.5. The number of carbonyl (C=O) groups excluding carboxylic acids is 5. The molecule has 0 aliphatic heterocycles. The zero-order valence-electron chi connectivity index (χ0n) is 31.4. The van der Waals surface area contributed by atoms with Crippen LogP contribution in [0, 0.1) is 5.41 Å². The van der Waals surface area contributed by atoms with Crippen molar-refractivity contribution in [3.63, 3.8) is 0 Å². The van der Waals surface area contributed by atoms with Gasteiger partial charge in [0.15, 0.2) is 5.96 Å². The zero-order valence-corrected chi connectivity index (χ0v) is 31.4. The van der Waals surface area contributed by atoms with Gasteiger partial charge in [0.2, 0.25) is 29.9 Å². The molecule has 303 valence electrons. The first-order chi connectivity index (χ1) is 27.9. The molecule has 5 atom stereocenters. The Morgan fingerprint density at radius 2 is 1.48 bits per heavy atom. The zero-order chi connectivity index (χ0) is 41.6. The summed E-state index contributed by atoms with van der Waals surface area (Å²) in [7, 11) is 0. The van der Waals surface area contributed by atoms with E-state index >= 15 is 0 Å². The van der Waals surface area contributed by atoms with Crippen molar-refractivity contribution >= 4 is 63.5 Å². The molecule has 0 fully saturated rings. The number of H-pyrrole nitrogens is 2. The third-order valence-corrected chi connectivity index (χ3v) is 9.39. The minimum Gasteiger partial charge on any atom is -0.481 e. The molecule has 18 heteroatoms. The standard InChI is InChI=1S/C40H46N11O7/c41-30(18-35(53)54)36(55)50-34(17-27-20-44-22-47-27)39(58)51-33(15-23-11-12-24-6-1-2-7-25(24)14-23)38(57)49-32(10-5-13-45-40(42)43)37(56)48-28(21-52)16-26-19-46-31-9-4-3-8-29(26)31/h1-4,6-9,11-12,14,19-20,22,28,30,32-34,46H,5,10,13,15-18,41H2,(H,44,47)(H,48,56)(H,49,57)(H,50,55)(H,51,58)(H,53,54)(H4,42,43,45)/t28-,30-,32-,33+,34-/m0/s1. The van der Waals surface area contributed by atoms with Crippen molar-refractivity contribution in [3.05, 3.63) is 102 Å². The average molecular weight is 793 g/mol. The molecule has 58 heavy (non-hydrogen) atoms. The van der Waals surface area contributed by atoms with Gasteiger partial charge in [0.05, 0.1) is 30.5 Å². The number of hydrogen-bond donors (Lipinski definition) is 11. The number of nitrogens with two attached hydrogens (primary N) is 2. The summed E-state index contributed by atoms with van der Waals surface area (Å²) in [5.74, 6) is -4.74. The highest BCUT2D eigenvalue weighted by atomic mass is 16.4. The van der Waals surface area contributed by atoms with Gasteiger partial charge in [0.1, 0.15) is 18.1 Å². The summed E-state index contributed by atoms with van der Waals surface area (Å²) in [6, 6.07) is 14.2. The highest BCUT2D eigenvalue weighted by molar-refractivity contribution is 5.96. The van der Waals surface area contributed by atoms with Gasteiger partial charge < -0.3 is 53.1 Å². The van der Waals surface area contributed by atoms with Crippen molar-refractivity contribution in [1.29, 1.82) is 5.41 Å². The molecule has 0 saturated heterocycles. The third kappa shape index (κ3) is 12.0. The molecule has 18 nitrogen and oxygen atoms in total. The summed E-state index contributed by atoms with van der Waals surface area (Å²) < 4.78 is 0. The number of carbonyl (C=O) groups is 5. The number of hydrogen-bond acceptors (Lipinski definition) is 9. The number of aromatic amines is 2. The Hall–Kier alpha value is -7.08. The van der Waals surface area contributed by atoms with E-state index in [0.717, 1.165) is 27.2 Å². The van der Waals surface area contributed by atoms with Crippen LogP contribution in [0.15, 0.2) is 85.5 Å². The normalized spacial score (nSPS) is 13.7. The number of imidazole rings is 1. The van der Waals surface area contributed by atoms with Gasteiger partial charge in [0, 0.05) is 49.1 Å². The van der Waals surface area contributed by atoms with Crippen LogP contribution in [0.4, 0.5) is 0 Å². The number of fused-ring (bicyclic) bond motifs is 2. The number of rotatable bonds is 21. The largest absolute Gasteiger partial charge is 0.481 e. The van der Waals surface area contributed by atoms with E-state index < -0.39 is 66.2 Å². The number of amides is 4. The molecule has 5 rings (SSSR count). The van der Waals surface area contributed by atoms with Crippen molar-refractivity contribution in [2.24, 2.45) is 11.5 Å². The van der Waals surface area contributed by atoms with Crippen molar-refractivity contribution in [1.82, 2.24) is 41.5 Å². The Bertz CT molecular complexity index is 2240. The van der Waals surface area contributed by atoms with Gasteiger partial charge in [-0.25, -0.2) is 4.98 Å². The van der Waals surface area contributed by atoms with E-state index in [9.17, 15) is 28.8 Å². The summed E-state index contributed by atoms with van der Waals surface area (Å²) >= 11 is 0. The van der Waals surface area contributed by atoms with Crippen molar-refractivity contribution < 1.29 is 33.9 Å². The molecule has 0 aliphatic carbocycles. The number of nitrogens with one attached hydrogen (secondary N) is 8. The quantitative estimate of drug-likeness (QED) is 0.0271. The molecule has 0 unspecified atom stereocenters. The Labute approximate surface area is 332 Å². The SMILES string of the molecule is N=C(N)NCCC[C@H](NC(=O)[C@@H](Cc1ccc2ccccc2c1)NC(=O)[C@H](Cc1c[nH]cn1)NC(=O)[C@@H](N)CC(=O)O)C(=O)N[C@H]([C]=O)Cc1c[nH]c2ccccc12. The molecule has 0 aliphatic rings. The number of para-hydroxylation sites is 1. The molecular weight excluding hydrogens is 747 g/mol. The van der Waals surface area contributed by atoms with Gasteiger partial charge >= 0.3 is 5.97 Å². The number of carboxylic acid groups (broad SMARTS) is 1. The van der Waals surface area contributed by atoms with Crippen LogP contribution < -0.4 is 38.1 Å². The van der Waals surface area contributed by atoms with Crippen LogP contribution in [-0.4, -0.2) is 98.7 Å². The molecular formula is C40H46N11O7. The summed E-state index contributed by atoms with van der Waals surface area (Å²) in [6.45, 7) is 0.198. The number of aromatic nitrogens is 3. The van der Waals surface area contributed by atoms with E-state index in [-0.39, 0.29) is 44.6 Å². The first kappa shape index (κ1) is 42.1. The average Bonchev–Trinajstić information content (AvgIpc) is 3.87. The van der Waals surface area contributed by atoms with E-state index in [1.54, 1.807) is 12.3 Å². The second kappa shape index (κ2) is 20.2. The first-order valence-corrected chi connectivity index (χ1v) is 18.5. The van der Waals surface area contributed by atoms with Crippen molar-refractivity contribution in [3.8, 4) is 0 Å². The van der Waals surface area contributed by atoms with Gasteiger partial charge in [-0.3, -0.25) is 34.2 Å². The fourth-order valence-corrected chi connectivity index (χ4v) is 6.45. The predicted octanol–water partition coefficient (Wildman–Crippen LogP) is 0.186. The molecule has 0 spiro atoms. The fourth-order valence-electron chi connectivity index (χ4n) is 6.45. The van der Waals surface area contributed by atoms with Gasteiger partial charge in [-0.2, -0.15) is 0 Å². The third-order valence-electron chi connectivity index (χ3n) is 9.39. The maximum Gasteiger partial charge on any atom is 0.305 e. The minimum atomic E-state index is -1.47. The molecule has 3 aromatic carbocycles. The molecule has 2 aromatic heterocycles. The second-order valence-corrected chi connectivity index (χ2v) is 13.8. The highest BCUT2D eigenvalue weighted by Crippen LogP contribution is 2.20. The predicted molar refractivity (Wildman–Crippen MR) is 215 cm³/mol. The fraction of sp³-hybridized carbons (Fsp3) is 0.300. The van der Waals surface area contributed by atoms with Crippen molar-refractivity contribution in [2.45, 2.75) is 68.7 Å². The van der Waals surface area contributed by atoms with E-state index in [1.165, 1.54) is 12.5 Å². The smallest absolute Gasteiger partial charge is 0.305 e. The lowest BCUT2D eigenvalue weighted by atomic mass is 9.99. The Kier molecular flexibility index (Phi) is 14.6. The van der Waals surface area contributed by atoms with E-state index in [2.05, 4.69) is 41.5 Å². The van der Waals surface area contributed by atoms with Crippen LogP contribution in [-0.2, 0) is 48.0 Å². The molecule has 5 aromatic rings. The lowest BCUT2D eigenvalue weighted by Crippen LogP contribution is -2.59. The van der Waals surface area contributed by atoms with E-state index in [0.29, 0.717) is 11.3 Å². The second-order valence-electron chi connectivity index (χ2n) is 13.8. The maximum atomic E-state index is 14.3. The van der Waals surface area contributed by atoms with E-state index in [1.807, 2.05) is 66.9 Å². The van der Waals surface area contributed by atoms with Crippen molar-refractivity contribution in [2.75, 3.05) is 6.54 Å². The van der Waals surface area contributed by atoms with Crippen LogP contribution in [0.5, 0.6) is 0 Å². The number of carboxylic acids is 1. The van der Waals surface area contributed by atoms with E-state index in [4.69, 9.17) is 22.0 Å². The Balaban J connectivity index is 1.40. The van der Waals surface area contributed by atoms with Crippen LogP contribution in [0.3, 0.4) is 0 Å². The van der Waals surface area contributed by atoms with Gasteiger partial charge in [-0.15, -0.1) is 0 Å². The van der Waals surface area contributed by atoms with Crippen LogP contribution in [0.2, 0.25) is 0 Å². The Morgan fingerprint density at radius 3 is 2.19 bits per heavy atom.